The van der Waals surface area contributed by atoms with Crippen molar-refractivity contribution in [3.63, 3.8) is 0 Å². The normalized spacial score (nSPS) is 12.3. The van der Waals surface area contributed by atoms with Crippen LogP contribution in [0.15, 0.2) is 53.5 Å². The molecule has 3 aromatic heterocycles. The Bertz CT molecular complexity index is 1350. The molecule has 178 valence electrons. The molecule has 6 nitrogen and oxygen atoms in total. The minimum atomic E-state index is -4.73. The van der Waals surface area contributed by atoms with E-state index in [1.807, 2.05) is 0 Å². The topological polar surface area (TPSA) is 79.4 Å². The van der Waals surface area contributed by atoms with Crippen LogP contribution in [-0.4, -0.2) is 25.0 Å². The van der Waals surface area contributed by atoms with E-state index in [9.17, 15) is 35.5 Å². The maximum absolute atomic E-state index is 13.2. The molecule has 0 aliphatic carbocycles. The van der Waals surface area contributed by atoms with Crippen molar-refractivity contribution >= 4 is 0 Å². The molecule has 1 aromatic carbocycles. The second-order valence-electron chi connectivity index (χ2n) is 7.30. The van der Waals surface area contributed by atoms with Gasteiger partial charge >= 0.3 is 12.4 Å². The minimum absolute atomic E-state index is 0.0236. The maximum Gasteiger partial charge on any atom is 0.432 e. The van der Waals surface area contributed by atoms with E-state index in [0.717, 1.165) is 16.8 Å². The molecule has 4 aromatic rings. The number of rotatable bonds is 5. The van der Waals surface area contributed by atoms with E-state index in [0.29, 0.717) is 17.8 Å². The Labute approximate surface area is 186 Å². The van der Waals surface area contributed by atoms with Gasteiger partial charge in [0.2, 0.25) is 0 Å². The molecule has 0 saturated heterocycles. The van der Waals surface area contributed by atoms with Crippen molar-refractivity contribution < 1.29 is 30.7 Å². The number of pyridine rings is 1. The molecular weight excluding hydrogens is 471 g/mol. The summed E-state index contributed by atoms with van der Waals surface area (Å²) in [5.41, 5.74) is -2.22. The Hall–Kier alpha value is -3.90. The number of halogens is 7. The SMILES string of the molecule is O=c1c(CCc2ccc(F)cc2)c(-c2ccc(C(F)(F)F)cn2)[nH]n1-c1cc(C(F)(F)F)[nH]n1. The molecule has 0 atom stereocenters. The fourth-order valence-electron chi connectivity index (χ4n) is 3.28. The molecule has 0 bridgehead atoms. The predicted octanol–water partition coefficient (Wildman–Crippen LogP) is 4.91. The fourth-order valence-corrected chi connectivity index (χ4v) is 3.28. The van der Waals surface area contributed by atoms with Crippen LogP contribution in [0.2, 0.25) is 0 Å². The number of nitrogens with one attached hydrogen (secondary N) is 2. The van der Waals surface area contributed by atoms with Gasteiger partial charge in [-0.2, -0.15) is 36.1 Å². The zero-order valence-corrected chi connectivity index (χ0v) is 16.9. The lowest BCUT2D eigenvalue weighted by Crippen LogP contribution is -2.18. The van der Waals surface area contributed by atoms with Crippen molar-refractivity contribution in [2.24, 2.45) is 0 Å². The van der Waals surface area contributed by atoms with Crippen LogP contribution in [0.25, 0.3) is 17.2 Å². The summed E-state index contributed by atoms with van der Waals surface area (Å²) in [5.74, 6) is -0.847. The molecule has 4 rings (SSSR count). The molecule has 34 heavy (non-hydrogen) atoms. The molecule has 0 aliphatic rings. The van der Waals surface area contributed by atoms with Crippen LogP contribution >= 0.6 is 0 Å². The van der Waals surface area contributed by atoms with Crippen LogP contribution in [0, 0.1) is 5.82 Å². The summed E-state index contributed by atoms with van der Waals surface area (Å²) in [4.78, 5) is 16.8. The summed E-state index contributed by atoms with van der Waals surface area (Å²) in [7, 11) is 0. The standard InChI is InChI=1S/C21H14F7N5O/c22-13-5-1-11(2-6-13)3-7-14-18(15-8-4-12(10-29-15)20(23,24)25)32-33(19(14)34)17-9-16(30-31-17)21(26,27)28/h1-2,4-6,8-10,32H,3,7H2,(H,30,31). The van der Waals surface area contributed by atoms with E-state index in [2.05, 4.69) is 15.2 Å². The molecule has 0 spiro atoms. The smallest absolute Gasteiger partial charge is 0.287 e. The van der Waals surface area contributed by atoms with Gasteiger partial charge < -0.3 is 0 Å². The third-order valence-electron chi connectivity index (χ3n) is 5.01. The van der Waals surface area contributed by atoms with Crippen LogP contribution in [0.1, 0.15) is 22.4 Å². The van der Waals surface area contributed by atoms with Gasteiger partial charge in [0.05, 0.1) is 17.0 Å². The lowest BCUT2D eigenvalue weighted by molar-refractivity contribution is -0.141. The second kappa shape index (κ2) is 8.47. The van der Waals surface area contributed by atoms with Gasteiger partial charge in [-0.1, -0.05) is 12.1 Å². The van der Waals surface area contributed by atoms with Gasteiger partial charge in [0, 0.05) is 17.8 Å². The van der Waals surface area contributed by atoms with Gasteiger partial charge in [-0.25, -0.2) is 4.39 Å². The van der Waals surface area contributed by atoms with E-state index in [-0.39, 0.29) is 29.8 Å². The van der Waals surface area contributed by atoms with Crippen molar-refractivity contribution in [3.05, 3.63) is 87.2 Å². The number of benzene rings is 1. The molecule has 13 heteroatoms. The van der Waals surface area contributed by atoms with Crippen molar-refractivity contribution in [2.45, 2.75) is 25.2 Å². The van der Waals surface area contributed by atoms with E-state index in [1.165, 1.54) is 24.3 Å². The number of H-pyrrole nitrogens is 2. The number of hydrogen-bond acceptors (Lipinski definition) is 3. The van der Waals surface area contributed by atoms with Gasteiger partial charge in [0.25, 0.3) is 5.56 Å². The molecule has 0 aliphatic heterocycles. The maximum atomic E-state index is 13.2. The first kappa shape index (κ1) is 23.3. The molecule has 0 radical (unpaired) electrons. The van der Waals surface area contributed by atoms with Crippen LogP contribution in [-0.2, 0) is 25.2 Å². The van der Waals surface area contributed by atoms with Crippen molar-refractivity contribution in [1.29, 1.82) is 0 Å². The van der Waals surface area contributed by atoms with Gasteiger partial charge in [-0.15, -0.1) is 0 Å². The molecule has 3 heterocycles. The van der Waals surface area contributed by atoms with Gasteiger partial charge in [0.15, 0.2) is 5.82 Å². The average molecular weight is 485 g/mol. The number of aryl methyl sites for hydroxylation is 1. The number of aromatic amines is 2. The van der Waals surface area contributed by atoms with E-state index < -0.39 is 40.8 Å². The van der Waals surface area contributed by atoms with Gasteiger partial charge in [-0.3, -0.25) is 20.0 Å². The molecule has 0 amide bonds. The van der Waals surface area contributed by atoms with Gasteiger partial charge in [-0.05, 0) is 42.7 Å². The summed E-state index contributed by atoms with van der Waals surface area (Å²) in [6, 6.07) is 7.89. The van der Waals surface area contributed by atoms with Crippen molar-refractivity contribution in [2.75, 3.05) is 0 Å². The lowest BCUT2D eigenvalue weighted by Gasteiger charge is -2.07. The second-order valence-corrected chi connectivity index (χ2v) is 7.30. The van der Waals surface area contributed by atoms with E-state index in [1.54, 1.807) is 5.10 Å². The monoisotopic (exact) mass is 485 g/mol. The van der Waals surface area contributed by atoms with E-state index >= 15 is 0 Å². The Morgan fingerprint density at radius 3 is 2.18 bits per heavy atom. The van der Waals surface area contributed by atoms with E-state index in [4.69, 9.17) is 0 Å². The van der Waals surface area contributed by atoms with Crippen LogP contribution in [0.4, 0.5) is 30.7 Å². The highest BCUT2D eigenvalue weighted by Gasteiger charge is 2.34. The summed E-state index contributed by atoms with van der Waals surface area (Å²) < 4.78 is 91.4. The minimum Gasteiger partial charge on any atom is -0.287 e. The van der Waals surface area contributed by atoms with Crippen LogP contribution in [0.3, 0.4) is 0 Å². The third kappa shape index (κ3) is 4.72. The number of nitrogens with zero attached hydrogens (tertiary/aromatic N) is 3. The first-order valence-electron chi connectivity index (χ1n) is 9.68. The Balaban J connectivity index is 1.76. The predicted molar refractivity (Wildman–Crippen MR) is 106 cm³/mol. The highest BCUT2D eigenvalue weighted by atomic mass is 19.4. The summed E-state index contributed by atoms with van der Waals surface area (Å²) >= 11 is 0. The zero-order valence-electron chi connectivity index (χ0n) is 16.9. The molecule has 2 N–H and O–H groups in total. The largest absolute Gasteiger partial charge is 0.432 e. The Kier molecular flexibility index (Phi) is 5.79. The van der Waals surface area contributed by atoms with Crippen molar-refractivity contribution in [3.8, 4) is 17.2 Å². The Morgan fingerprint density at radius 1 is 0.912 bits per heavy atom. The number of alkyl halides is 6. The number of aromatic nitrogens is 5. The summed E-state index contributed by atoms with van der Waals surface area (Å²) in [6.45, 7) is 0. The molecular formula is C21H14F7N5O. The first-order chi connectivity index (χ1) is 15.9. The number of hydrogen-bond donors (Lipinski definition) is 2. The first-order valence-corrected chi connectivity index (χ1v) is 9.68. The van der Waals surface area contributed by atoms with Crippen LogP contribution in [0.5, 0.6) is 0 Å². The molecule has 0 unspecified atom stereocenters. The highest BCUT2D eigenvalue weighted by Crippen LogP contribution is 2.31. The quantitative estimate of drug-likeness (QED) is 0.394. The molecule has 0 saturated carbocycles. The highest BCUT2D eigenvalue weighted by molar-refractivity contribution is 5.59. The summed E-state index contributed by atoms with van der Waals surface area (Å²) in [5, 5.41) is 7.91. The summed E-state index contributed by atoms with van der Waals surface area (Å²) in [6.07, 6.45) is -8.48. The average Bonchev–Trinajstić information content (AvgIpc) is 3.38. The lowest BCUT2D eigenvalue weighted by atomic mass is 10.0. The fraction of sp³-hybridized carbons (Fsp3) is 0.190. The van der Waals surface area contributed by atoms with Crippen molar-refractivity contribution in [1.82, 2.24) is 25.0 Å². The van der Waals surface area contributed by atoms with Gasteiger partial charge in [0.1, 0.15) is 11.5 Å². The third-order valence-corrected chi connectivity index (χ3v) is 5.01. The zero-order chi connectivity index (χ0) is 24.7. The van der Waals surface area contributed by atoms with Crippen LogP contribution < -0.4 is 5.56 Å². The Morgan fingerprint density at radius 2 is 1.62 bits per heavy atom. The molecule has 0 fully saturated rings.